The number of carbonyl (C=O) groups excluding carboxylic acids is 1. The largest absolute Gasteiger partial charge is 0.494 e. The molecule has 0 unspecified atom stereocenters. The average Bonchev–Trinajstić information content (AvgIpc) is 2.59. The van der Waals surface area contributed by atoms with E-state index in [2.05, 4.69) is 25.7 Å². The number of hydrogen-bond acceptors (Lipinski definition) is 4. The fourth-order valence-electron chi connectivity index (χ4n) is 2.30. The second-order valence-corrected chi connectivity index (χ2v) is 5.60. The smallest absolute Gasteiger partial charge is 0.338 e. The molecule has 0 spiro atoms. The Morgan fingerprint density at radius 1 is 0.958 bits per heavy atom. The summed E-state index contributed by atoms with van der Waals surface area (Å²) in [4.78, 5) is 14.2. The van der Waals surface area contributed by atoms with Crippen LogP contribution >= 0.6 is 12.4 Å². The maximum absolute atomic E-state index is 12.0. The maximum Gasteiger partial charge on any atom is 0.338 e. The molecule has 0 saturated heterocycles. The molecule has 5 heteroatoms. The summed E-state index contributed by atoms with van der Waals surface area (Å²) in [5.74, 6) is 0.535. The highest BCUT2D eigenvalue weighted by atomic mass is 35.5. The van der Waals surface area contributed by atoms with Crippen LogP contribution in [-0.2, 0) is 4.74 Å². The molecular formula is C19H32ClNO3. The first-order chi connectivity index (χ1) is 11.2. The van der Waals surface area contributed by atoms with Crippen molar-refractivity contribution >= 4 is 18.4 Å². The molecule has 0 fully saturated rings. The van der Waals surface area contributed by atoms with Crippen LogP contribution in [0.25, 0.3) is 0 Å². The monoisotopic (exact) mass is 357 g/mol. The van der Waals surface area contributed by atoms with Gasteiger partial charge in [-0.3, -0.25) is 0 Å². The molecule has 0 aromatic heterocycles. The van der Waals surface area contributed by atoms with Crippen molar-refractivity contribution in [3.63, 3.8) is 0 Å². The highest BCUT2D eigenvalue weighted by Gasteiger charge is 2.08. The second kappa shape index (κ2) is 14.1. The van der Waals surface area contributed by atoms with E-state index in [0.29, 0.717) is 12.2 Å². The molecule has 0 amide bonds. The Bertz CT molecular complexity index is 433. The third-order valence-electron chi connectivity index (χ3n) is 3.89. The van der Waals surface area contributed by atoms with Crippen LogP contribution in [0.2, 0.25) is 0 Å². The van der Waals surface area contributed by atoms with Crippen molar-refractivity contribution in [3.05, 3.63) is 29.8 Å². The lowest BCUT2D eigenvalue weighted by atomic mass is 10.2. The number of ether oxygens (including phenoxy) is 2. The molecule has 0 bridgehead atoms. The van der Waals surface area contributed by atoms with Crippen molar-refractivity contribution < 1.29 is 14.3 Å². The zero-order valence-corrected chi connectivity index (χ0v) is 16.1. The Labute approximate surface area is 152 Å². The average molecular weight is 358 g/mol. The van der Waals surface area contributed by atoms with Crippen LogP contribution in [0.5, 0.6) is 5.75 Å². The standard InChI is InChI=1S/C19H31NO3.ClH/c1-4-7-8-9-15-22-18-12-10-17(11-13-18)19(21)23-16-14-20(5-2)6-3;/h10-13H,4-9,14-16H2,1-3H3;1H. The van der Waals surface area contributed by atoms with Gasteiger partial charge in [0.05, 0.1) is 12.2 Å². The van der Waals surface area contributed by atoms with Gasteiger partial charge in [-0.2, -0.15) is 0 Å². The number of hydrogen-bond donors (Lipinski definition) is 0. The summed E-state index contributed by atoms with van der Waals surface area (Å²) in [7, 11) is 0. The second-order valence-electron chi connectivity index (χ2n) is 5.60. The van der Waals surface area contributed by atoms with Crippen LogP contribution in [-0.4, -0.2) is 43.7 Å². The van der Waals surface area contributed by atoms with E-state index < -0.39 is 0 Å². The van der Waals surface area contributed by atoms with Crippen molar-refractivity contribution in [3.8, 4) is 5.75 Å². The molecule has 0 aliphatic heterocycles. The van der Waals surface area contributed by atoms with E-state index in [0.717, 1.165) is 38.4 Å². The van der Waals surface area contributed by atoms with Gasteiger partial charge in [0.25, 0.3) is 0 Å². The fraction of sp³-hybridized carbons (Fsp3) is 0.632. The van der Waals surface area contributed by atoms with Gasteiger partial charge in [0.1, 0.15) is 12.4 Å². The van der Waals surface area contributed by atoms with Crippen molar-refractivity contribution in [2.75, 3.05) is 32.8 Å². The SMILES string of the molecule is CCCCCCOc1ccc(C(=O)OCCN(CC)CC)cc1.Cl. The molecule has 138 valence electrons. The quantitative estimate of drug-likeness (QED) is 0.406. The highest BCUT2D eigenvalue weighted by Crippen LogP contribution is 2.14. The summed E-state index contributed by atoms with van der Waals surface area (Å²) in [6.07, 6.45) is 4.75. The van der Waals surface area contributed by atoms with Crippen LogP contribution in [0.15, 0.2) is 24.3 Å². The Hall–Kier alpha value is -1.26. The van der Waals surface area contributed by atoms with Gasteiger partial charge < -0.3 is 14.4 Å². The van der Waals surface area contributed by atoms with E-state index in [9.17, 15) is 4.79 Å². The third kappa shape index (κ3) is 9.14. The third-order valence-corrected chi connectivity index (χ3v) is 3.89. The zero-order chi connectivity index (χ0) is 16.9. The number of benzene rings is 1. The molecule has 0 saturated carbocycles. The number of esters is 1. The minimum Gasteiger partial charge on any atom is -0.494 e. The number of unbranched alkanes of at least 4 members (excludes halogenated alkanes) is 3. The van der Waals surface area contributed by atoms with Crippen LogP contribution in [0.3, 0.4) is 0 Å². The molecule has 0 N–H and O–H groups in total. The summed E-state index contributed by atoms with van der Waals surface area (Å²) >= 11 is 0. The van der Waals surface area contributed by atoms with Crippen molar-refractivity contribution in [2.24, 2.45) is 0 Å². The fourth-order valence-corrected chi connectivity index (χ4v) is 2.30. The predicted octanol–water partition coefficient (Wildman–Crippen LogP) is 4.57. The van der Waals surface area contributed by atoms with Crippen LogP contribution in [0.4, 0.5) is 0 Å². The van der Waals surface area contributed by atoms with Crippen molar-refractivity contribution in [1.29, 1.82) is 0 Å². The molecule has 0 aliphatic carbocycles. The number of likely N-dealkylation sites (N-methyl/N-ethyl adjacent to an activating group) is 1. The lowest BCUT2D eigenvalue weighted by molar-refractivity contribution is 0.0466. The minimum absolute atomic E-state index is 0. The summed E-state index contributed by atoms with van der Waals surface area (Å²) in [5, 5.41) is 0. The highest BCUT2D eigenvalue weighted by molar-refractivity contribution is 5.89. The lowest BCUT2D eigenvalue weighted by Gasteiger charge is -2.17. The van der Waals surface area contributed by atoms with Gasteiger partial charge >= 0.3 is 5.97 Å². The Morgan fingerprint density at radius 2 is 1.62 bits per heavy atom. The van der Waals surface area contributed by atoms with E-state index in [4.69, 9.17) is 9.47 Å². The van der Waals surface area contributed by atoms with E-state index >= 15 is 0 Å². The molecule has 1 rings (SSSR count). The Kier molecular flexibility index (Phi) is 13.4. The molecule has 0 radical (unpaired) electrons. The van der Waals surface area contributed by atoms with Gasteiger partial charge in [-0.05, 0) is 43.8 Å². The van der Waals surface area contributed by atoms with Gasteiger partial charge in [-0.1, -0.05) is 40.0 Å². The first-order valence-electron chi connectivity index (χ1n) is 8.83. The van der Waals surface area contributed by atoms with Gasteiger partial charge in [-0.25, -0.2) is 4.79 Å². The molecular weight excluding hydrogens is 326 g/mol. The first kappa shape index (κ1) is 22.7. The minimum atomic E-state index is -0.272. The normalized spacial score (nSPS) is 10.3. The number of carbonyl (C=O) groups is 1. The molecule has 1 aromatic rings. The summed E-state index contributed by atoms with van der Waals surface area (Å²) in [6, 6.07) is 7.20. The summed E-state index contributed by atoms with van der Waals surface area (Å²) in [6.45, 7) is 10.3. The van der Waals surface area contributed by atoms with Crippen molar-refractivity contribution in [2.45, 2.75) is 46.5 Å². The number of rotatable bonds is 12. The van der Waals surface area contributed by atoms with Gasteiger partial charge in [0, 0.05) is 6.54 Å². The van der Waals surface area contributed by atoms with Crippen LogP contribution < -0.4 is 4.74 Å². The molecule has 0 aliphatic rings. The van der Waals surface area contributed by atoms with Crippen molar-refractivity contribution in [1.82, 2.24) is 4.90 Å². The van der Waals surface area contributed by atoms with E-state index in [-0.39, 0.29) is 18.4 Å². The summed E-state index contributed by atoms with van der Waals surface area (Å²) in [5.41, 5.74) is 0.572. The van der Waals surface area contributed by atoms with Crippen LogP contribution in [0, 0.1) is 0 Å². The molecule has 1 aromatic carbocycles. The van der Waals surface area contributed by atoms with Gasteiger partial charge in [-0.15, -0.1) is 12.4 Å². The Balaban J connectivity index is 0.00000529. The van der Waals surface area contributed by atoms with Gasteiger partial charge in [0.2, 0.25) is 0 Å². The topological polar surface area (TPSA) is 38.8 Å². The molecule has 24 heavy (non-hydrogen) atoms. The number of nitrogens with zero attached hydrogens (tertiary/aromatic N) is 1. The lowest BCUT2D eigenvalue weighted by Crippen LogP contribution is -2.27. The number of halogens is 1. The molecule has 0 heterocycles. The van der Waals surface area contributed by atoms with E-state index in [1.807, 2.05) is 12.1 Å². The zero-order valence-electron chi connectivity index (χ0n) is 15.3. The molecule has 0 atom stereocenters. The van der Waals surface area contributed by atoms with Crippen LogP contribution in [0.1, 0.15) is 56.8 Å². The maximum atomic E-state index is 12.0. The van der Waals surface area contributed by atoms with Gasteiger partial charge in [0.15, 0.2) is 0 Å². The van der Waals surface area contributed by atoms with E-state index in [1.165, 1.54) is 19.3 Å². The Morgan fingerprint density at radius 3 is 2.21 bits per heavy atom. The summed E-state index contributed by atoms with van der Waals surface area (Å²) < 4.78 is 11.0. The predicted molar refractivity (Wildman–Crippen MR) is 101 cm³/mol. The van der Waals surface area contributed by atoms with E-state index in [1.54, 1.807) is 12.1 Å². The first-order valence-corrected chi connectivity index (χ1v) is 8.83. The molecule has 4 nitrogen and oxygen atoms in total.